The minimum Gasteiger partial charge on any atom is -0.383 e. The monoisotopic (exact) mass is 268 g/mol. The summed E-state index contributed by atoms with van der Waals surface area (Å²) >= 11 is 5.05. The van der Waals surface area contributed by atoms with Gasteiger partial charge in [-0.2, -0.15) is 0 Å². The Morgan fingerprint density at radius 2 is 2.11 bits per heavy atom. The molecule has 2 N–H and O–H groups in total. The van der Waals surface area contributed by atoms with Gasteiger partial charge in [-0.1, -0.05) is 12.2 Å². The lowest BCUT2D eigenvalue weighted by Crippen LogP contribution is -2.32. The van der Waals surface area contributed by atoms with E-state index in [9.17, 15) is 9.59 Å². The minimum absolute atomic E-state index is 0.175. The van der Waals surface area contributed by atoms with Crippen molar-refractivity contribution in [1.29, 1.82) is 0 Å². The van der Waals surface area contributed by atoms with Crippen LogP contribution in [0.1, 0.15) is 5.82 Å². The second kappa shape index (κ2) is 4.83. The smallest absolute Gasteiger partial charge is 0.330 e. The number of hydrogen-bond donors (Lipinski definition) is 2. The summed E-state index contributed by atoms with van der Waals surface area (Å²) in [6, 6.07) is 0. The van der Waals surface area contributed by atoms with Gasteiger partial charge in [0.25, 0.3) is 5.56 Å². The molecule has 0 spiro atoms. The molecule has 0 aliphatic rings. The van der Waals surface area contributed by atoms with Crippen LogP contribution in [0.3, 0.4) is 0 Å². The first-order valence-corrected chi connectivity index (χ1v) is 5.68. The maximum Gasteiger partial charge on any atom is 0.330 e. The number of aromatic nitrogens is 4. The highest BCUT2D eigenvalue weighted by Gasteiger charge is 2.10. The van der Waals surface area contributed by atoms with Crippen molar-refractivity contribution in [1.82, 2.24) is 19.5 Å². The summed E-state index contributed by atoms with van der Waals surface area (Å²) in [4.78, 5) is 32.6. The van der Waals surface area contributed by atoms with Crippen LogP contribution < -0.4 is 11.2 Å². The Balaban J connectivity index is 2.89. The quantitative estimate of drug-likeness (QED) is 0.770. The molecule has 0 aromatic carbocycles. The summed E-state index contributed by atoms with van der Waals surface area (Å²) in [5.41, 5.74) is -0.656. The molecular formula is C10H12N4O3S. The van der Waals surface area contributed by atoms with Crippen molar-refractivity contribution in [3.05, 3.63) is 31.3 Å². The second-order valence-electron chi connectivity index (χ2n) is 3.75. The van der Waals surface area contributed by atoms with Gasteiger partial charge in [-0.15, -0.1) is 0 Å². The third-order valence-electron chi connectivity index (χ3n) is 2.50. The summed E-state index contributed by atoms with van der Waals surface area (Å²) in [6.45, 7) is 2.38. The topological polar surface area (TPSA) is 92.8 Å². The van der Waals surface area contributed by atoms with Gasteiger partial charge < -0.3 is 9.72 Å². The van der Waals surface area contributed by atoms with Crippen molar-refractivity contribution in [2.75, 3.05) is 13.7 Å². The molecular weight excluding hydrogens is 256 g/mol. The number of ether oxygens (including phenoxy) is 1. The van der Waals surface area contributed by atoms with E-state index in [1.165, 1.54) is 11.7 Å². The number of nitrogens with one attached hydrogen (secondary N) is 2. The number of rotatable bonds is 3. The predicted octanol–water partition coefficient (Wildman–Crippen LogP) is 0.0972. The van der Waals surface area contributed by atoms with E-state index in [0.29, 0.717) is 24.6 Å². The van der Waals surface area contributed by atoms with Gasteiger partial charge in [0.15, 0.2) is 0 Å². The maximum absolute atomic E-state index is 11.8. The van der Waals surface area contributed by atoms with Crippen LogP contribution in [0.5, 0.6) is 0 Å². The standard InChI is InChI=1S/C10H12N4O3S/c1-5-11-7-6(9(18)12-5)8(15)13-10(16)14(7)3-4-17-2/h3-4H2,1-2H3,(H,11,12,18)(H,13,15,16). The molecule has 2 aromatic rings. The van der Waals surface area contributed by atoms with E-state index in [4.69, 9.17) is 17.0 Å². The molecule has 0 saturated carbocycles. The van der Waals surface area contributed by atoms with Crippen molar-refractivity contribution < 1.29 is 4.74 Å². The Hall–Kier alpha value is -1.80. The lowest BCUT2D eigenvalue weighted by molar-refractivity contribution is 0.187. The predicted molar refractivity (Wildman–Crippen MR) is 68.4 cm³/mol. The van der Waals surface area contributed by atoms with Crippen molar-refractivity contribution in [3.8, 4) is 0 Å². The summed E-state index contributed by atoms with van der Waals surface area (Å²) in [5.74, 6) is 0.545. The Labute approximate surface area is 106 Å². The molecule has 2 rings (SSSR count). The number of aryl methyl sites for hydroxylation is 1. The van der Waals surface area contributed by atoms with Crippen LogP contribution in [-0.2, 0) is 11.3 Å². The van der Waals surface area contributed by atoms with Gasteiger partial charge in [0.2, 0.25) is 0 Å². The van der Waals surface area contributed by atoms with Crippen molar-refractivity contribution in [3.63, 3.8) is 0 Å². The fraction of sp³-hybridized carbons (Fsp3) is 0.400. The second-order valence-corrected chi connectivity index (χ2v) is 4.14. The number of nitrogens with zero attached hydrogens (tertiary/aromatic N) is 2. The first kappa shape index (κ1) is 12.7. The lowest BCUT2D eigenvalue weighted by atomic mass is 10.4. The highest BCUT2D eigenvalue weighted by Crippen LogP contribution is 2.05. The third kappa shape index (κ3) is 2.12. The first-order valence-electron chi connectivity index (χ1n) is 5.27. The van der Waals surface area contributed by atoms with Gasteiger partial charge in [-0.05, 0) is 6.92 Å². The molecule has 0 bridgehead atoms. The van der Waals surface area contributed by atoms with Gasteiger partial charge in [-0.25, -0.2) is 9.78 Å². The number of aromatic amines is 2. The summed E-state index contributed by atoms with van der Waals surface area (Å²) in [6.07, 6.45) is 0. The minimum atomic E-state index is -0.530. The summed E-state index contributed by atoms with van der Waals surface area (Å²) in [7, 11) is 1.54. The first-order chi connectivity index (χ1) is 8.54. The van der Waals surface area contributed by atoms with Gasteiger partial charge in [0.05, 0.1) is 13.2 Å². The number of H-pyrrole nitrogens is 2. The van der Waals surface area contributed by atoms with E-state index in [1.807, 2.05) is 0 Å². The Morgan fingerprint density at radius 1 is 1.39 bits per heavy atom. The highest BCUT2D eigenvalue weighted by molar-refractivity contribution is 7.71. The molecule has 2 aromatic heterocycles. The molecule has 0 amide bonds. The van der Waals surface area contributed by atoms with Crippen molar-refractivity contribution in [2.24, 2.45) is 0 Å². The largest absolute Gasteiger partial charge is 0.383 e. The molecule has 0 fully saturated rings. The number of hydrogen-bond acceptors (Lipinski definition) is 5. The molecule has 0 atom stereocenters. The molecule has 2 heterocycles. The fourth-order valence-electron chi connectivity index (χ4n) is 1.70. The molecule has 8 heteroatoms. The van der Waals surface area contributed by atoms with E-state index in [2.05, 4.69) is 15.0 Å². The van der Waals surface area contributed by atoms with Crippen molar-refractivity contribution in [2.45, 2.75) is 13.5 Å². The average Bonchev–Trinajstić information content (AvgIpc) is 2.27. The van der Waals surface area contributed by atoms with Crippen LogP contribution in [-0.4, -0.2) is 33.2 Å². The number of fused-ring (bicyclic) bond motifs is 1. The number of methoxy groups -OCH3 is 1. The summed E-state index contributed by atoms with van der Waals surface area (Å²) < 4.78 is 6.49. The molecule has 0 aliphatic heterocycles. The molecule has 7 nitrogen and oxygen atoms in total. The average molecular weight is 268 g/mol. The SMILES string of the molecule is COCCn1c(=O)[nH]c(=O)c2c(=S)nc(C)[nH]c21. The molecule has 0 unspecified atom stereocenters. The van der Waals surface area contributed by atoms with Gasteiger partial charge in [-0.3, -0.25) is 14.3 Å². The maximum atomic E-state index is 11.8. The van der Waals surface area contributed by atoms with Crippen LogP contribution in [0.2, 0.25) is 0 Å². The van der Waals surface area contributed by atoms with Gasteiger partial charge in [0, 0.05) is 7.11 Å². The van der Waals surface area contributed by atoms with Crippen LogP contribution in [0, 0.1) is 11.6 Å². The van der Waals surface area contributed by atoms with E-state index in [-0.39, 0.29) is 10.0 Å². The Kier molecular flexibility index (Phi) is 3.39. The summed E-state index contributed by atoms with van der Waals surface area (Å²) in [5, 5.41) is 0.214. The van der Waals surface area contributed by atoms with Crippen LogP contribution in [0.4, 0.5) is 0 Å². The van der Waals surface area contributed by atoms with E-state index in [0.717, 1.165) is 0 Å². The normalized spacial score (nSPS) is 11.0. The Bertz CT molecular complexity index is 758. The zero-order valence-electron chi connectivity index (χ0n) is 9.94. The molecule has 18 heavy (non-hydrogen) atoms. The van der Waals surface area contributed by atoms with Crippen LogP contribution >= 0.6 is 12.2 Å². The highest BCUT2D eigenvalue weighted by atomic mass is 32.1. The van der Waals surface area contributed by atoms with Crippen molar-refractivity contribution >= 4 is 23.3 Å². The van der Waals surface area contributed by atoms with E-state index < -0.39 is 11.2 Å². The van der Waals surface area contributed by atoms with E-state index in [1.54, 1.807) is 6.92 Å². The molecule has 0 saturated heterocycles. The van der Waals surface area contributed by atoms with Crippen LogP contribution in [0.25, 0.3) is 11.0 Å². The molecule has 0 aliphatic carbocycles. The molecule has 96 valence electrons. The van der Waals surface area contributed by atoms with Gasteiger partial charge >= 0.3 is 5.69 Å². The fourth-order valence-corrected chi connectivity index (χ4v) is 2.03. The zero-order valence-corrected chi connectivity index (χ0v) is 10.8. The van der Waals surface area contributed by atoms with Gasteiger partial charge in [0.1, 0.15) is 21.5 Å². The lowest BCUT2D eigenvalue weighted by Gasteiger charge is -2.09. The third-order valence-corrected chi connectivity index (χ3v) is 2.80. The molecule has 0 radical (unpaired) electrons. The van der Waals surface area contributed by atoms with E-state index >= 15 is 0 Å². The zero-order chi connectivity index (χ0) is 13.3. The Morgan fingerprint density at radius 3 is 2.78 bits per heavy atom. The van der Waals surface area contributed by atoms with Crippen LogP contribution in [0.15, 0.2) is 9.59 Å².